The lowest BCUT2D eigenvalue weighted by molar-refractivity contribution is -0.338. The Morgan fingerprint density at radius 1 is 0.957 bits per heavy atom. The van der Waals surface area contributed by atoms with Crippen LogP contribution in [0, 0.1) is 11.8 Å². The molecule has 1 saturated carbocycles. The van der Waals surface area contributed by atoms with E-state index in [9.17, 15) is 50.1 Å². The van der Waals surface area contributed by atoms with Gasteiger partial charge in [-0.05, 0) is 60.0 Å². The molecule has 2 aromatic carbocycles. The van der Waals surface area contributed by atoms with Crippen molar-refractivity contribution in [1.29, 1.82) is 0 Å². The number of hydrogen-bond donors (Lipinski definition) is 7. The zero-order chi connectivity index (χ0) is 34.0. The highest BCUT2D eigenvalue weighted by molar-refractivity contribution is 5.90. The maximum atomic E-state index is 13.0. The smallest absolute Gasteiger partial charge is 0.338 e. The Hall–Kier alpha value is -4.93. The fourth-order valence-electron chi connectivity index (χ4n) is 5.56. The van der Waals surface area contributed by atoms with E-state index in [0.717, 1.165) is 12.3 Å². The van der Waals surface area contributed by atoms with E-state index in [1.54, 1.807) is 0 Å². The van der Waals surface area contributed by atoms with Crippen molar-refractivity contribution in [3.8, 4) is 17.2 Å². The van der Waals surface area contributed by atoms with Gasteiger partial charge in [-0.25, -0.2) is 14.4 Å². The minimum Gasteiger partial charge on any atom is -0.508 e. The van der Waals surface area contributed by atoms with E-state index < -0.39 is 85.2 Å². The molecule has 0 aromatic heterocycles. The molecule has 5 rings (SSSR count). The van der Waals surface area contributed by atoms with Crippen LogP contribution in [-0.4, -0.2) is 103 Å². The molecule has 15 heteroatoms. The van der Waals surface area contributed by atoms with E-state index in [4.69, 9.17) is 23.7 Å². The number of carbonyl (C=O) groups excluding carboxylic acids is 2. The number of ether oxygens (including phenoxy) is 5. The lowest BCUT2D eigenvalue weighted by Gasteiger charge is -2.43. The third-order valence-corrected chi connectivity index (χ3v) is 8.10. The number of carboxylic acid groups (broad SMARTS) is 1. The number of aliphatic hydroxyl groups is 3. The first-order valence-corrected chi connectivity index (χ1v) is 14.3. The number of phenolic OH excluding ortho intramolecular Hbond substituents is 3. The van der Waals surface area contributed by atoms with Crippen molar-refractivity contribution in [2.75, 3.05) is 6.61 Å². The highest BCUT2D eigenvalue weighted by Crippen LogP contribution is 2.46. The van der Waals surface area contributed by atoms with Gasteiger partial charge in [0, 0.05) is 12.0 Å². The van der Waals surface area contributed by atoms with Gasteiger partial charge in [0.1, 0.15) is 30.7 Å². The minimum absolute atomic E-state index is 0.0207. The number of carbonyl (C=O) groups is 3. The second kappa shape index (κ2) is 13.8. The topological polar surface area (TPSA) is 239 Å². The van der Waals surface area contributed by atoms with Crippen molar-refractivity contribution in [3.05, 3.63) is 83.7 Å². The second-order valence-electron chi connectivity index (χ2n) is 11.1. The predicted octanol–water partition coefficient (Wildman–Crippen LogP) is 0.927. The number of fused-ring (bicyclic) bond motifs is 1. The van der Waals surface area contributed by atoms with Gasteiger partial charge in [-0.15, -0.1) is 0 Å². The van der Waals surface area contributed by atoms with Crippen LogP contribution >= 0.6 is 0 Å². The van der Waals surface area contributed by atoms with Gasteiger partial charge in [-0.1, -0.05) is 12.6 Å². The number of aromatic hydroxyl groups is 3. The molecule has 15 nitrogen and oxygen atoms in total. The van der Waals surface area contributed by atoms with Crippen molar-refractivity contribution in [1.82, 2.24) is 0 Å². The Labute approximate surface area is 266 Å². The number of carboxylic acids is 1. The van der Waals surface area contributed by atoms with Crippen molar-refractivity contribution in [2.24, 2.45) is 11.8 Å². The molecular weight excluding hydrogens is 624 g/mol. The number of benzene rings is 2. The predicted molar refractivity (Wildman–Crippen MR) is 156 cm³/mol. The minimum atomic E-state index is -1.86. The van der Waals surface area contributed by atoms with Gasteiger partial charge in [0.25, 0.3) is 0 Å². The first-order chi connectivity index (χ1) is 22.3. The van der Waals surface area contributed by atoms with Crippen LogP contribution in [0.5, 0.6) is 17.2 Å². The summed E-state index contributed by atoms with van der Waals surface area (Å²) < 4.78 is 28.1. The quantitative estimate of drug-likeness (QED) is 0.0860. The summed E-state index contributed by atoms with van der Waals surface area (Å²) in [5.74, 6) is -5.67. The van der Waals surface area contributed by atoms with Crippen molar-refractivity contribution >= 4 is 24.0 Å². The first-order valence-electron chi connectivity index (χ1n) is 14.3. The van der Waals surface area contributed by atoms with Gasteiger partial charge in [0.15, 0.2) is 17.6 Å². The molecule has 0 radical (unpaired) electrons. The molecule has 1 aliphatic carbocycles. The lowest BCUT2D eigenvalue weighted by Crippen LogP contribution is -2.61. The van der Waals surface area contributed by atoms with Crippen molar-refractivity contribution in [3.63, 3.8) is 0 Å². The average Bonchev–Trinajstić information content (AvgIpc) is 3.34. The number of rotatable bonds is 9. The fourth-order valence-corrected chi connectivity index (χ4v) is 5.56. The molecule has 2 aliphatic heterocycles. The van der Waals surface area contributed by atoms with Gasteiger partial charge in [0.05, 0.1) is 29.4 Å². The summed E-state index contributed by atoms with van der Waals surface area (Å²) in [5.41, 5.74) is 0.435. The van der Waals surface area contributed by atoms with Crippen LogP contribution in [0.1, 0.15) is 22.3 Å². The lowest BCUT2D eigenvalue weighted by atomic mass is 9.85. The average molecular weight is 657 g/mol. The van der Waals surface area contributed by atoms with Crippen LogP contribution in [0.2, 0.25) is 0 Å². The Kier molecular flexibility index (Phi) is 9.83. The van der Waals surface area contributed by atoms with Gasteiger partial charge in [-0.3, -0.25) is 0 Å². The maximum Gasteiger partial charge on any atom is 0.338 e. The highest BCUT2D eigenvalue weighted by atomic mass is 16.8. The third-order valence-electron chi connectivity index (χ3n) is 8.10. The molecule has 0 amide bonds. The molecule has 0 bridgehead atoms. The Bertz CT molecular complexity index is 1580. The number of hydrogen-bond acceptors (Lipinski definition) is 14. The summed E-state index contributed by atoms with van der Waals surface area (Å²) >= 11 is 0. The zero-order valence-electron chi connectivity index (χ0n) is 24.5. The molecule has 9 atom stereocenters. The summed E-state index contributed by atoms with van der Waals surface area (Å²) in [4.78, 5) is 37.2. The second-order valence-corrected chi connectivity index (χ2v) is 11.1. The van der Waals surface area contributed by atoms with Crippen LogP contribution < -0.4 is 0 Å². The number of aliphatic carboxylic acids is 1. The van der Waals surface area contributed by atoms with Crippen LogP contribution in [0.25, 0.3) is 6.08 Å². The van der Waals surface area contributed by atoms with Crippen molar-refractivity contribution < 1.29 is 73.8 Å². The molecule has 7 N–H and O–H groups in total. The Morgan fingerprint density at radius 2 is 1.68 bits per heavy atom. The first kappa shape index (κ1) is 33.4. The Balaban J connectivity index is 1.35. The van der Waals surface area contributed by atoms with E-state index in [2.05, 4.69) is 6.58 Å². The van der Waals surface area contributed by atoms with Crippen LogP contribution in [0.4, 0.5) is 0 Å². The van der Waals surface area contributed by atoms with Crippen LogP contribution in [0.15, 0.2) is 72.5 Å². The summed E-state index contributed by atoms with van der Waals surface area (Å²) in [6, 6.07) is 8.83. The SMILES string of the molecule is C=C1[C@H]2[C@H](O[C@@H]3O[C@H](COC(=O)/C=C/c4ccc(O)c(O)c4)[C@@H](O)[C@H](O)[C@H]3OC(=O)c3ccc(O)cc3)OC=C(C(=O)O)[C@H]2C[C@@H]1O. The molecule has 0 spiro atoms. The maximum absolute atomic E-state index is 13.0. The van der Waals surface area contributed by atoms with Gasteiger partial charge < -0.3 is 59.4 Å². The molecule has 2 aromatic rings. The van der Waals surface area contributed by atoms with Crippen LogP contribution in [-0.2, 0) is 33.3 Å². The molecule has 1 saturated heterocycles. The normalized spacial score (nSPS) is 30.2. The van der Waals surface area contributed by atoms with E-state index in [-0.39, 0.29) is 34.6 Å². The molecule has 250 valence electrons. The highest BCUT2D eigenvalue weighted by Gasteiger charge is 2.53. The zero-order valence-corrected chi connectivity index (χ0v) is 24.5. The monoisotopic (exact) mass is 656 g/mol. The molecule has 0 unspecified atom stereocenters. The van der Waals surface area contributed by atoms with Gasteiger partial charge >= 0.3 is 17.9 Å². The van der Waals surface area contributed by atoms with Crippen molar-refractivity contribution in [2.45, 2.75) is 49.5 Å². The summed E-state index contributed by atoms with van der Waals surface area (Å²) in [7, 11) is 0. The van der Waals surface area contributed by atoms with E-state index in [1.165, 1.54) is 48.5 Å². The standard InChI is InChI=1S/C32H32O15/c1-14-21(35)11-18-19(29(40)41)12-44-31(25(14)18)47-32-28(46-30(42)16-4-6-17(33)7-5-16)27(39)26(38)23(45-32)13-43-24(37)9-3-15-2-8-20(34)22(36)10-15/h2-10,12,18,21,23,25-28,31-36,38-39H,1,11,13H2,(H,40,41)/b9-3+/t18-,21+,23-,25-,26-,27+,28-,31+,32+/m1/s1. The van der Waals surface area contributed by atoms with Crippen LogP contribution in [0.3, 0.4) is 0 Å². The van der Waals surface area contributed by atoms with Gasteiger partial charge in [0.2, 0.25) is 12.6 Å². The largest absolute Gasteiger partial charge is 0.508 e. The van der Waals surface area contributed by atoms with E-state index >= 15 is 0 Å². The molecule has 2 heterocycles. The molecular formula is C32H32O15. The number of esters is 2. The summed E-state index contributed by atoms with van der Waals surface area (Å²) in [6.07, 6.45) is -7.61. The summed E-state index contributed by atoms with van der Waals surface area (Å²) in [5, 5.41) is 70.7. The number of phenols is 3. The summed E-state index contributed by atoms with van der Waals surface area (Å²) in [6.45, 7) is 3.24. The number of aliphatic hydroxyl groups excluding tert-OH is 3. The van der Waals surface area contributed by atoms with Gasteiger partial charge in [-0.2, -0.15) is 0 Å². The molecule has 47 heavy (non-hydrogen) atoms. The third kappa shape index (κ3) is 7.24. The molecule has 2 fully saturated rings. The fraction of sp³-hybridized carbons (Fsp3) is 0.344. The van der Waals surface area contributed by atoms with E-state index in [1.807, 2.05) is 0 Å². The molecule has 3 aliphatic rings. The van der Waals surface area contributed by atoms with E-state index in [0.29, 0.717) is 5.56 Å². The Morgan fingerprint density at radius 3 is 2.36 bits per heavy atom.